The standard InChI is InChI=1S/C10H14FN3O2S2/c1-18(15,16)14-6-5-13-8-4-2-3-7(11)9(8)10(12)17/h2-4,13-14H,5-6H2,1H3,(H2,12,17). The molecule has 0 spiro atoms. The van der Waals surface area contributed by atoms with Crippen molar-refractivity contribution in [3.63, 3.8) is 0 Å². The van der Waals surface area contributed by atoms with Crippen molar-refractivity contribution in [1.82, 2.24) is 4.72 Å². The van der Waals surface area contributed by atoms with Crippen LogP contribution in [0.15, 0.2) is 18.2 Å². The summed E-state index contributed by atoms with van der Waals surface area (Å²) in [5.41, 5.74) is 6.00. The Morgan fingerprint density at radius 2 is 2.11 bits per heavy atom. The van der Waals surface area contributed by atoms with Gasteiger partial charge in [0, 0.05) is 18.8 Å². The number of sulfonamides is 1. The summed E-state index contributed by atoms with van der Waals surface area (Å²) in [4.78, 5) is -0.0494. The van der Waals surface area contributed by atoms with Crippen LogP contribution in [0.1, 0.15) is 5.56 Å². The Balaban J connectivity index is 2.68. The maximum Gasteiger partial charge on any atom is 0.208 e. The molecule has 0 atom stereocenters. The Morgan fingerprint density at radius 1 is 1.44 bits per heavy atom. The molecule has 5 nitrogen and oxygen atoms in total. The van der Waals surface area contributed by atoms with Crippen LogP contribution in [0.25, 0.3) is 0 Å². The summed E-state index contributed by atoms with van der Waals surface area (Å²) in [5.74, 6) is -0.511. The second kappa shape index (κ2) is 6.07. The second-order valence-corrected chi connectivity index (χ2v) is 5.89. The number of nitrogens with one attached hydrogen (secondary N) is 2. The van der Waals surface area contributed by atoms with Gasteiger partial charge in [0.15, 0.2) is 0 Å². The Hall–Kier alpha value is -1.25. The van der Waals surface area contributed by atoms with Gasteiger partial charge in [-0.05, 0) is 12.1 Å². The summed E-state index contributed by atoms with van der Waals surface area (Å²) < 4.78 is 37.5. The van der Waals surface area contributed by atoms with Gasteiger partial charge in [-0.2, -0.15) is 0 Å². The first kappa shape index (κ1) is 14.8. The van der Waals surface area contributed by atoms with E-state index in [1.807, 2.05) is 0 Å². The topological polar surface area (TPSA) is 84.2 Å². The van der Waals surface area contributed by atoms with E-state index in [2.05, 4.69) is 10.0 Å². The number of benzene rings is 1. The van der Waals surface area contributed by atoms with E-state index in [1.54, 1.807) is 6.07 Å². The molecular weight excluding hydrogens is 277 g/mol. The lowest BCUT2D eigenvalue weighted by Gasteiger charge is -2.11. The summed E-state index contributed by atoms with van der Waals surface area (Å²) >= 11 is 4.76. The number of hydrogen-bond donors (Lipinski definition) is 3. The molecule has 4 N–H and O–H groups in total. The van der Waals surface area contributed by atoms with Gasteiger partial charge in [-0.1, -0.05) is 18.3 Å². The molecule has 0 amide bonds. The van der Waals surface area contributed by atoms with E-state index in [0.717, 1.165) is 6.26 Å². The average Bonchev–Trinajstić information content (AvgIpc) is 2.22. The highest BCUT2D eigenvalue weighted by molar-refractivity contribution is 7.88. The fraction of sp³-hybridized carbons (Fsp3) is 0.300. The van der Waals surface area contributed by atoms with Crippen LogP contribution >= 0.6 is 12.2 Å². The van der Waals surface area contributed by atoms with Gasteiger partial charge in [0.1, 0.15) is 10.8 Å². The van der Waals surface area contributed by atoms with Crippen LogP contribution in [0.2, 0.25) is 0 Å². The van der Waals surface area contributed by atoms with E-state index in [9.17, 15) is 12.8 Å². The first-order valence-electron chi connectivity index (χ1n) is 5.08. The van der Waals surface area contributed by atoms with E-state index < -0.39 is 15.8 Å². The molecule has 1 aromatic carbocycles. The van der Waals surface area contributed by atoms with Crippen LogP contribution in [0, 0.1) is 5.82 Å². The van der Waals surface area contributed by atoms with Crippen LogP contribution in [0.3, 0.4) is 0 Å². The van der Waals surface area contributed by atoms with Crippen molar-refractivity contribution in [3.8, 4) is 0 Å². The lowest BCUT2D eigenvalue weighted by atomic mass is 10.1. The van der Waals surface area contributed by atoms with Gasteiger partial charge < -0.3 is 11.1 Å². The number of thiocarbonyl (C=S) groups is 1. The number of anilines is 1. The third-order valence-corrected chi connectivity index (χ3v) is 3.00. The molecule has 18 heavy (non-hydrogen) atoms. The van der Waals surface area contributed by atoms with Gasteiger partial charge in [-0.3, -0.25) is 0 Å². The normalized spacial score (nSPS) is 11.2. The van der Waals surface area contributed by atoms with Crippen LogP contribution in [-0.4, -0.2) is 32.8 Å². The smallest absolute Gasteiger partial charge is 0.208 e. The van der Waals surface area contributed by atoms with Crippen LogP contribution in [0.5, 0.6) is 0 Å². The molecule has 0 unspecified atom stereocenters. The second-order valence-electron chi connectivity index (χ2n) is 3.62. The summed E-state index contributed by atoms with van der Waals surface area (Å²) in [6.07, 6.45) is 1.07. The zero-order valence-corrected chi connectivity index (χ0v) is 11.4. The van der Waals surface area contributed by atoms with E-state index in [-0.39, 0.29) is 17.1 Å². The molecule has 8 heteroatoms. The molecule has 0 heterocycles. The maximum atomic E-state index is 13.5. The van der Waals surface area contributed by atoms with Gasteiger partial charge >= 0.3 is 0 Å². The first-order chi connectivity index (χ1) is 8.31. The molecule has 0 aliphatic heterocycles. The van der Waals surface area contributed by atoms with Gasteiger partial charge in [-0.15, -0.1) is 0 Å². The average molecular weight is 291 g/mol. The molecule has 0 radical (unpaired) electrons. The molecule has 0 saturated heterocycles. The highest BCUT2D eigenvalue weighted by Crippen LogP contribution is 2.18. The van der Waals surface area contributed by atoms with E-state index in [4.69, 9.17) is 18.0 Å². The summed E-state index contributed by atoms with van der Waals surface area (Å²) in [6, 6.07) is 4.40. The van der Waals surface area contributed by atoms with Crippen molar-refractivity contribution in [2.24, 2.45) is 5.73 Å². The fourth-order valence-electron chi connectivity index (χ4n) is 1.36. The van der Waals surface area contributed by atoms with E-state index in [0.29, 0.717) is 12.2 Å². The van der Waals surface area contributed by atoms with Gasteiger partial charge in [-0.25, -0.2) is 17.5 Å². The number of hydrogen-bond acceptors (Lipinski definition) is 4. The van der Waals surface area contributed by atoms with Crippen molar-refractivity contribution < 1.29 is 12.8 Å². The Kier molecular flexibility index (Phi) is 5.00. The van der Waals surface area contributed by atoms with Crippen molar-refractivity contribution in [2.75, 3.05) is 24.7 Å². The highest BCUT2D eigenvalue weighted by atomic mass is 32.2. The van der Waals surface area contributed by atoms with E-state index >= 15 is 0 Å². The fourth-order valence-corrected chi connectivity index (χ4v) is 2.04. The summed E-state index contributed by atoms with van der Waals surface area (Å²) in [7, 11) is -3.23. The zero-order chi connectivity index (χ0) is 13.8. The summed E-state index contributed by atoms with van der Waals surface area (Å²) in [6.45, 7) is 0.484. The Labute approximate surface area is 111 Å². The molecule has 0 aliphatic carbocycles. The van der Waals surface area contributed by atoms with Crippen LogP contribution in [-0.2, 0) is 10.0 Å². The molecule has 1 aromatic rings. The number of rotatable bonds is 6. The van der Waals surface area contributed by atoms with Crippen molar-refractivity contribution >= 4 is 32.9 Å². The van der Waals surface area contributed by atoms with E-state index in [1.165, 1.54) is 12.1 Å². The van der Waals surface area contributed by atoms with Crippen molar-refractivity contribution in [3.05, 3.63) is 29.6 Å². The molecular formula is C10H14FN3O2S2. The quantitative estimate of drug-likeness (QED) is 0.522. The molecule has 0 aromatic heterocycles. The van der Waals surface area contributed by atoms with Gasteiger partial charge in [0.05, 0.1) is 11.8 Å². The maximum absolute atomic E-state index is 13.5. The third-order valence-electron chi connectivity index (χ3n) is 2.06. The lowest BCUT2D eigenvalue weighted by molar-refractivity contribution is 0.589. The van der Waals surface area contributed by atoms with Crippen molar-refractivity contribution in [1.29, 1.82) is 0 Å². The largest absolute Gasteiger partial charge is 0.389 e. The molecule has 1 rings (SSSR count). The minimum absolute atomic E-state index is 0.0494. The predicted molar refractivity (Wildman–Crippen MR) is 73.6 cm³/mol. The molecule has 0 aliphatic rings. The lowest BCUT2D eigenvalue weighted by Crippen LogP contribution is -2.28. The van der Waals surface area contributed by atoms with Crippen LogP contribution < -0.4 is 15.8 Å². The van der Waals surface area contributed by atoms with Crippen LogP contribution in [0.4, 0.5) is 10.1 Å². The number of nitrogens with two attached hydrogens (primary N) is 1. The minimum Gasteiger partial charge on any atom is -0.389 e. The molecule has 100 valence electrons. The molecule has 0 fully saturated rings. The number of halogens is 1. The zero-order valence-electron chi connectivity index (χ0n) is 9.73. The van der Waals surface area contributed by atoms with Gasteiger partial charge in [0.25, 0.3) is 0 Å². The summed E-state index contributed by atoms with van der Waals surface area (Å²) in [5, 5.41) is 2.87. The SMILES string of the molecule is CS(=O)(=O)NCCNc1cccc(F)c1C(N)=S. The Morgan fingerprint density at radius 3 is 2.67 bits per heavy atom. The third kappa shape index (κ3) is 4.55. The highest BCUT2D eigenvalue weighted by Gasteiger charge is 2.10. The monoisotopic (exact) mass is 291 g/mol. The van der Waals surface area contributed by atoms with Gasteiger partial charge in [0.2, 0.25) is 10.0 Å². The first-order valence-corrected chi connectivity index (χ1v) is 7.38. The minimum atomic E-state index is -3.23. The molecule has 0 bridgehead atoms. The van der Waals surface area contributed by atoms with Crippen molar-refractivity contribution in [2.45, 2.75) is 0 Å². The molecule has 0 saturated carbocycles. The predicted octanol–water partition coefficient (Wildman–Crippen LogP) is 0.421. The Bertz CT molecular complexity index is 546.